The standard InChI is InChI=1S/C23H31ClN2O4/c1-27-19-11-22(29-3)20(23(12-19)30-4)15-26-8-7-25-13-16(14-26)9-17-10-18(24)5-6-21(17)28-2/h5-6,10-12,16,25H,7-9,13-15H2,1-4H3/t16-/m1/s1. The van der Waals surface area contributed by atoms with Crippen LogP contribution >= 0.6 is 11.6 Å². The molecule has 164 valence electrons. The first kappa shape index (κ1) is 22.5. The molecule has 1 N–H and O–H groups in total. The highest BCUT2D eigenvalue weighted by Gasteiger charge is 2.23. The van der Waals surface area contributed by atoms with Crippen molar-refractivity contribution in [2.45, 2.75) is 13.0 Å². The summed E-state index contributed by atoms with van der Waals surface area (Å²) < 4.78 is 22.2. The lowest BCUT2D eigenvalue weighted by Gasteiger charge is -2.26. The number of hydrogen-bond donors (Lipinski definition) is 1. The molecule has 0 unspecified atom stereocenters. The van der Waals surface area contributed by atoms with Crippen molar-refractivity contribution in [2.75, 3.05) is 54.6 Å². The Morgan fingerprint density at radius 2 is 1.67 bits per heavy atom. The molecule has 1 atom stereocenters. The van der Waals surface area contributed by atoms with E-state index < -0.39 is 0 Å². The first-order valence-electron chi connectivity index (χ1n) is 10.1. The number of ether oxygens (including phenoxy) is 4. The second kappa shape index (κ2) is 10.8. The van der Waals surface area contributed by atoms with Crippen molar-refractivity contribution in [3.05, 3.63) is 46.5 Å². The second-order valence-corrected chi connectivity index (χ2v) is 7.91. The lowest BCUT2D eigenvalue weighted by atomic mass is 9.98. The normalized spacial score (nSPS) is 17.3. The van der Waals surface area contributed by atoms with Gasteiger partial charge in [-0.1, -0.05) is 11.6 Å². The maximum absolute atomic E-state index is 6.23. The molecule has 2 aromatic carbocycles. The zero-order valence-corrected chi connectivity index (χ0v) is 18.9. The Hall–Kier alpha value is -2.15. The molecule has 0 bridgehead atoms. The van der Waals surface area contributed by atoms with E-state index in [4.69, 9.17) is 30.5 Å². The summed E-state index contributed by atoms with van der Waals surface area (Å²) in [4.78, 5) is 2.44. The fourth-order valence-corrected chi connectivity index (χ4v) is 4.21. The highest BCUT2D eigenvalue weighted by atomic mass is 35.5. The molecule has 6 nitrogen and oxygen atoms in total. The Bertz CT molecular complexity index is 821. The molecule has 2 aromatic rings. The minimum absolute atomic E-state index is 0.426. The van der Waals surface area contributed by atoms with E-state index in [0.29, 0.717) is 5.92 Å². The van der Waals surface area contributed by atoms with Crippen LogP contribution in [0.5, 0.6) is 23.0 Å². The summed E-state index contributed by atoms with van der Waals surface area (Å²) in [6, 6.07) is 9.62. The molecule has 0 saturated carbocycles. The largest absolute Gasteiger partial charge is 0.496 e. The van der Waals surface area contributed by atoms with Crippen molar-refractivity contribution in [1.82, 2.24) is 10.2 Å². The molecule has 1 aliphatic heterocycles. The molecule has 1 heterocycles. The highest BCUT2D eigenvalue weighted by Crippen LogP contribution is 2.35. The number of hydrogen-bond acceptors (Lipinski definition) is 6. The molecule has 0 radical (unpaired) electrons. The molecule has 0 aliphatic carbocycles. The monoisotopic (exact) mass is 434 g/mol. The van der Waals surface area contributed by atoms with Gasteiger partial charge in [-0.05, 0) is 42.6 Å². The lowest BCUT2D eigenvalue weighted by molar-refractivity contribution is 0.240. The van der Waals surface area contributed by atoms with E-state index in [-0.39, 0.29) is 0 Å². The van der Waals surface area contributed by atoms with Crippen LogP contribution in [0.1, 0.15) is 11.1 Å². The van der Waals surface area contributed by atoms with E-state index in [1.807, 2.05) is 30.3 Å². The van der Waals surface area contributed by atoms with Crippen molar-refractivity contribution in [3.8, 4) is 23.0 Å². The topological polar surface area (TPSA) is 52.2 Å². The minimum Gasteiger partial charge on any atom is -0.496 e. The summed E-state index contributed by atoms with van der Waals surface area (Å²) >= 11 is 6.23. The lowest BCUT2D eigenvalue weighted by Crippen LogP contribution is -2.31. The maximum atomic E-state index is 6.23. The molecular weight excluding hydrogens is 404 g/mol. The van der Waals surface area contributed by atoms with Gasteiger partial charge in [0.25, 0.3) is 0 Å². The summed E-state index contributed by atoms with van der Waals surface area (Å²) in [6.07, 6.45) is 0.893. The number of nitrogens with zero attached hydrogens (tertiary/aromatic N) is 1. The molecule has 0 spiro atoms. The predicted octanol–water partition coefficient (Wildman–Crippen LogP) is 3.64. The Balaban J connectivity index is 1.79. The van der Waals surface area contributed by atoms with Crippen LogP contribution in [0.4, 0.5) is 0 Å². The van der Waals surface area contributed by atoms with Crippen molar-refractivity contribution >= 4 is 11.6 Å². The SMILES string of the molecule is COc1cc(OC)c(CN2CCNC[C@@H](Cc3cc(Cl)ccc3OC)C2)c(OC)c1. The van der Waals surface area contributed by atoms with E-state index in [0.717, 1.165) is 78.3 Å². The Labute approximate surface area is 184 Å². The fourth-order valence-electron chi connectivity index (χ4n) is 4.02. The van der Waals surface area contributed by atoms with E-state index in [2.05, 4.69) is 10.2 Å². The first-order chi connectivity index (χ1) is 14.6. The van der Waals surface area contributed by atoms with Crippen molar-refractivity contribution in [2.24, 2.45) is 5.92 Å². The first-order valence-corrected chi connectivity index (χ1v) is 10.5. The minimum atomic E-state index is 0.426. The third-order valence-electron chi connectivity index (χ3n) is 5.50. The van der Waals surface area contributed by atoms with Gasteiger partial charge in [0, 0.05) is 43.3 Å². The van der Waals surface area contributed by atoms with Gasteiger partial charge in [-0.3, -0.25) is 4.90 Å². The Morgan fingerprint density at radius 1 is 0.967 bits per heavy atom. The zero-order valence-electron chi connectivity index (χ0n) is 18.2. The summed E-state index contributed by atoms with van der Waals surface area (Å²) in [6.45, 7) is 4.51. The highest BCUT2D eigenvalue weighted by molar-refractivity contribution is 6.30. The second-order valence-electron chi connectivity index (χ2n) is 7.48. The van der Waals surface area contributed by atoms with Gasteiger partial charge in [0.2, 0.25) is 0 Å². The van der Waals surface area contributed by atoms with E-state index in [1.54, 1.807) is 28.4 Å². The molecule has 1 aliphatic rings. The van der Waals surface area contributed by atoms with Crippen LogP contribution in [0.25, 0.3) is 0 Å². The van der Waals surface area contributed by atoms with Crippen LogP contribution in [-0.2, 0) is 13.0 Å². The van der Waals surface area contributed by atoms with Crippen molar-refractivity contribution < 1.29 is 18.9 Å². The van der Waals surface area contributed by atoms with E-state index >= 15 is 0 Å². The van der Waals surface area contributed by atoms with Gasteiger partial charge in [-0.2, -0.15) is 0 Å². The van der Waals surface area contributed by atoms with Gasteiger partial charge in [-0.25, -0.2) is 0 Å². The van der Waals surface area contributed by atoms with Crippen LogP contribution < -0.4 is 24.3 Å². The van der Waals surface area contributed by atoms with Gasteiger partial charge < -0.3 is 24.3 Å². The van der Waals surface area contributed by atoms with Crippen LogP contribution in [0.2, 0.25) is 5.02 Å². The molecule has 1 saturated heterocycles. The summed E-state index contributed by atoms with van der Waals surface area (Å²) in [7, 11) is 6.70. The number of methoxy groups -OCH3 is 4. The Morgan fingerprint density at radius 3 is 2.30 bits per heavy atom. The summed E-state index contributed by atoms with van der Waals surface area (Å²) in [5.74, 6) is 3.58. The average Bonchev–Trinajstić information content (AvgIpc) is 2.98. The number of rotatable bonds is 8. The van der Waals surface area contributed by atoms with Crippen LogP contribution in [0, 0.1) is 5.92 Å². The van der Waals surface area contributed by atoms with Crippen molar-refractivity contribution in [3.63, 3.8) is 0 Å². The van der Waals surface area contributed by atoms with Crippen LogP contribution in [-0.4, -0.2) is 59.5 Å². The van der Waals surface area contributed by atoms with E-state index in [9.17, 15) is 0 Å². The van der Waals surface area contributed by atoms with Crippen LogP contribution in [0.15, 0.2) is 30.3 Å². The molecule has 0 amide bonds. The van der Waals surface area contributed by atoms with Gasteiger partial charge in [0.05, 0.1) is 34.0 Å². The third kappa shape index (κ3) is 5.50. The maximum Gasteiger partial charge on any atom is 0.130 e. The molecule has 7 heteroatoms. The van der Waals surface area contributed by atoms with E-state index in [1.165, 1.54) is 0 Å². The molecule has 3 rings (SSSR count). The molecular formula is C23H31ClN2O4. The third-order valence-corrected chi connectivity index (χ3v) is 5.74. The number of benzene rings is 2. The van der Waals surface area contributed by atoms with Crippen molar-refractivity contribution in [1.29, 1.82) is 0 Å². The molecule has 0 aromatic heterocycles. The molecule has 30 heavy (non-hydrogen) atoms. The smallest absolute Gasteiger partial charge is 0.130 e. The van der Waals surface area contributed by atoms with Crippen LogP contribution in [0.3, 0.4) is 0 Å². The van der Waals surface area contributed by atoms with Gasteiger partial charge in [0.15, 0.2) is 0 Å². The average molecular weight is 435 g/mol. The fraction of sp³-hybridized carbons (Fsp3) is 0.478. The summed E-state index contributed by atoms with van der Waals surface area (Å²) in [5.41, 5.74) is 2.17. The van der Waals surface area contributed by atoms with Gasteiger partial charge >= 0.3 is 0 Å². The molecule has 1 fully saturated rings. The number of nitrogens with one attached hydrogen (secondary N) is 1. The number of halogens is 1. The predicted molar refractivity (Wildman–Crippen MR) is 119 cm³/mol. The van der Waals surface area contributed by atoms with Gasteiger partial charge in [0.1, 0.15) is 23.0 Å². The van der Waals surface area contributed by atoms with Gasteiger partial charge in [-0.15, -0.1) is 0 Å². The quantitative estimate of drug-likeness (QED) is 0.684. The Kier molecular flexibility index (Phi) is 8.08. The zero-order chi connectivity index (χ0) is 21.5. The summed E-state index contributed by atoms with van der Waals surface area (Å²) in [5, 5.41) is 4.30.